The molecule has 9 heteroatoms. The molecule has 1 heterocycles. The second-order valence-corrected chi connectivity index (χ2v) is 4.65. The molecule has 0 fully saturated rings. The van der Waals surface area contributed by atoms with Crippen LogP contribution in [-0.2, 0) is 9.53 Å². The number of aromatic nitrogens is 3. The Morgan fingerprint density at radius 2 is 1.91 bits per heavy atom. The Morgan fingerprint density at radius 3 is 2.48 bits per heavy atom. The van der Waals surface area contributed by atoms with E-state index in [1.54, 1.807) is 38.3 Å². The number of hydrogen-bond acceptors (Lipinski definition) is 7. The molecule has 122 valence electrons. The highest BCUT2D eigenvalue weighted by molar-refractivity contribution is 5.95. The number of anilines is 2. The summed E-state index contributed by atoms with van der Waals surface area (Å²) in [5, 5.41) is 10.1. The first-order valence-electron chi connectivity index (χ1n) is 6.71. The SMILES string of the molecule is COC(=O)c1nnn(C(C)C(=O)Nc2ccc(OC)cc2)c1N. The molecular weight excluding hydrogens is 302 g/mol. The Balaban J connectivity index is 2.13. The minimum absolute atomic E-state index is 0.0331. The molecule has 23 heavy (non-hydrogen) atoms. The molecule has 2 rings (SSSR count). The van der Waals surface area contributed by atoms with Crippen LogP contribution < -0.4 is 15.8 Å². The van der Waals surface area contributed by atoms with Gasteiger partial charge in [0.2, 0.25) is 11.6 Å². The zero-order chi connectivity index (χ0) is 17.0. The fourth-order valence-corrected chi connectivity index (χ4v) is 1.86. The molecule has 1 aromatic carbocycles. The molecule has 1 atom stereocenters. The number of carbonyl (C=O) groups excluding carboxylic acids is 2. The highest BCUT2D eigenvalue weighted by atomic mass is 16.5. The van der Waals surface area contributed by atoms with Crippen molar-refractivity contribution < 1.29 is 19.1 Å². The summed E-state index contributed by atoms with van der Waals surface area (Å²) in [7, 11) is 2.77. The van der Waals surface area contributed by atoms with E-state index in [0.717, 1.165) is 4.68 Å². The molecule has 0 saturated carbocycles. The lowest BCUT2D eigenvalue weighted by Gasteiger charge is -2.13. The number of nitrogens with one attached hydrogen (secondary N) is 1. The van der Waals surface area contributed by atoms with Crippen LogP contribution in [0.1, 0.15) is 23.5 Å². The maximum absolute atomic E-state index is 12.3. The summed E-state index contributed by atoms with van der Waals surface area (Å²) in [5.41, 5.74) is 6.25. The Hall–Kier alpha value is -3.10. The number of benzene rings is 1. The lowest BCUT2D eigenvalue weighted by Crippen LogP contribution is -2.25. The number of nitrogen functional groups attached to an aromatic ring is 1. The highest BCUT2D eigenvalue weighted by Crippen LogP contribution is 2.19. The van der Waals surface area contributed by atoms with Gasteiger partial charge in [-0.05, 0) is 31.2 Å². The summed E-state index contributed by atoms with van der Waals surface area (Å²) in [4.78, 5) is 23.7. The van der Waals surface area contributed by atoms with Gasteiger partial charge in [-0.25, -0.2) is 9.48 Å². The van der Waals surface area contributed by atoms with Crippen LogP contribution in [-0.4, -0.2) is 41.1 Å². The van der Waals surface area contributed by atoms with Crippen molar-refractivity contribution in [2.24, 2.45) is 0 Å². The molecule has 9 nitrogen and oxygen atoms in total. The monoisotopic (exact) mass is 319 g/mol. The molecule has 0 bridgehead atoms. The second kappa shape index (κ2) is 6.77. The molecule has 0 saturated heterocycles. The van der Waals surface area contributed by atoms with Gasteiger partial charge in [-0.2, -0.15) is 0 Å². The third-order valence-electron chi connectivity index (χ3n) is 3.21. The van der Waals surface area contributed by atoms with Crippen molar-refractivity contribution in [3.63, 3.8) is 0 Å². The highest BCUT2D eigenvalue weighted by Gasteiger charge is 2.24. The first-order valence-corrected chi connectivity index (χ1v) is 6.71. The minimum atomic E-state index is -0.761. The molecule has 0 radical (unpaired) electrons. The van der Waals surface area contributed by atoms with Gasteiger partial charge < -0.3 is 20.5 Å². The first kappa shape index (κ1) is 16.3. The third-order valence-corrected chi connectivity index (χ3v) is 3.21. The zero-order valence-corrected chi connectivity index (χ0v) is 12.9. The van der Waals surface area contributed by atoms with Crippen molar-refractivity contribution in [1.82, 2.24) is 15.0 Å². The third kappa shape index (κ3) is 3.39. The number of hydrogen-bond donors (Lipinski definition) is 2. The average molecular weight is 319 g/mol. The van der Waals surface area contributed by atoms with Gasteiger partial charge >= 0.3 is 5.97 Å². The maximum Gasteiger partial charge on any atom is 0.362 e. The lowest BCUT2D eigenvalue weighted by molar-refractivity contribution is -0.119. The van der Waals surface area contributed by atoms with Crippen molar-refractivity contribution in [2.75, 3.05) is 25.3 Å². The van der Waals surface area contributed by atoms with E-state index in [1.807, 2.05) is 0 Å². The van der Waals surface area contributed by atoms with Gasteiger partial charge in [0.25, 0.3) is 0 Å². The molecule has 0 aliphatic rings. The molecule has 1 aromatic heterocycles. The number of esters is 1. The van der Waals surface area contributed by atoms with Crippen LogP contribution in [0.2, 0.25) is 0 Å². The van der Waals surface area contributed by atoms with Crippen LogP contribution in [0.15, 0.2) is 24.3 Å². The van der Waals surface area contributed by atoms with Crippen LogP contribution in [0.5, 0.6) is 5.75 Å². The Morgan fingerprint density at radius 1 is 1.26 bits per heavy atom. The van der Waals surface area contributed by atoms with Gasteiger partial charge in [0.15, 0.2) is 5.82 Å². The Kier molecular flexibility index (Phi) is 4.79. The average Bonchev–Trinajstić information content (AvgIpc) is 2.95. The summed E-state index contributed by atoms with van der Waals surface area (Å²) in [6.07, 6.45) is 0. The number of amides is 1. The maximum atomic E-state index is 12.3. The van der Waals surface area contributed by atoms with E-state index >= 15 is 0 Å². The van der Waals surface area contributed by atoms with Gasteiger partial charge in [-0.3, -0.25) is 4.79 Å². The summed E-state index contributed by atoms with van der Waals surface area (Å²) in [6.45, 7) is 1.59. The van der Waals surface area contributed by atoms with Gasteiger partial charge in [-0.15, -0.1) is 5.10 Å². The summed E-state index contributed by atoms with van der Waals surface area (Å²) in [5.74, 6) is -0.423. The number of carbonyl (C=O) groups is 2. The summed E-state index contributed by atoms with van der Waals surface area (Å²) >= 11 is 0. The largest absolute Gasteiger partial charge is 0.497 e. The van der Waals surface area contributed by atoms with E-state index in [0.29, 0.717) is 11.4 Å². The van der Waals surface area contributed by atoms with E-state index in [2.05, 4.69) is 20.4 Å². The van der Waals surface area contributed by atoms with Crippen molar-refractivity contribution in [1.29, 1.82) is 0 Å². The zero-order valence-electron chi connectivity index (χ0n) is 12.9. The molecule has 0 aliphatic carbocycles. The summed E-state index contributed by atoms with van der Waals surface area (Å²) in [6, 6.07) is 6.09. The number of rotatable bonds is 5. The van der Waals surface area contributed by atoms with Crippen LogP contribution in [0, 0.1) is 0 Å². The fraction of sp³-hybridized carbons (Fsp3) is 0.286. The quantitative estimate of drug-likeness (QED) is 0.784. The van der Waals surface area contributed by atoms with Crippen molar-refractivity contribution >= 4 is 23.4 Å². The molecule has 3 N–H and O–H groups in total. The lowest BCUT2D eigenvalue weighted by atomic mass is 10.2. The van der Waals surface area contributed by atoms with E-state index in [-0.39, 0.29) is 17.4 Å². The number of nitrogens with zero attached hydrogens (tertiary/aromatic N) is 3. The predicted molar refractivity (Wildman–Crippen MR) is 82.1 cm³/mol. The van der Waals surface area contributed by atoms with Crippen LogP contribution >= 0.6 is 0 Å². The molecule has 0 spiro atoms. The van der Waals surface area contributed by atoms with E-state index < -0.39 is 12.0 Å². The molecule has 2 aromatic rings. The predicted octanol–water partition coefficient (Wildman–Crippen LogP) is 0.855. The Bertz CT molecular complexity index is 710. The van der Waals surface area contributed by atoms with Crippen LogP contribution in [0.3, 0.4) is 0 Å². The topological polar surface area (TPSA) is 121 Å². The molecule has 0 aliphatic heterocycles. The van der Waals surface area contributed by atoms with Crippen molar-refractivity contribution in [3.8, 4) is 5.75 Å². The number of ether oxygens (including phenoxy) is 2. The number of methoxy groups -OCH3 is 2. The first-order chi connectivity index (χ1) is 11.0. The van der Waals surface area contributed by atoms with Gasteiger partial charge in [0.1, 0.15) is 11.8 Å². The smallest absolute Gasteiger partial charge is 0.362 e. The van der Waals surface area contributed by atoms with Crippen LogP contribution in [0.25, 0.3) is 0 Å². The molecule has 1 unspecified atom stereocenters. The van der Waals surface area contributed by atoms with Crippen molar-refractivity contribution in [3.05, 3.63) is 30.0 Å². The fourth-order valence-electron chi connectivity index (χ4n) is 1.86. The van der Waals surface area contributed by atoms with E-state index in [4.69, 9.17) is 10.5 Å². The second-order valence-electron chi connectivity index (χ2n) is 4.65. The van der Waals surface area contributed by atoms with Gasteiger partial charge in [-0.1, -0.05) is 5.21 Å². The minimum Gasteiger partial charge on any atom is -0.497 e. The number of nitrogens with two attached hydrogens (primary N) is 1. The van der Waals surface area contributed by atoms with Crippen LogP contribution in [0.4, 0.5) is 11.5 Å². The normalized spacial score (nSPS) is 11.6. The Labute approximate surface area is 132 Å². The van der Waals surface area contributed by atoms with Gasteiger partial charge in [0.05, 0.1) is 14.2 Å². The summed E-state index contributed by atoms with van der Waals surface area (Å²) < 4.78 is 10.7. The van der Waals surface area contributed by atoms with Crippen molar-refractivity contribution in [2.45, 2.75) is 13.0 Å². The molecule has 1 amide bonds. The van der Waals surface area contributed by atoms with Gasteiger partial charge in [0, 0.05) is 5.69 Å². The molecular formula is C14H17N5O4. The standard InChI is InChI=1S/C14H17N5O4/c1-8(19-12(15)11(17-18-19)14(21)23-3)13(20)16-9-4-6-10(22-2)7-5-9/h4-8H,15H2,1-3H3,(H,16,20). The van der Waals surface area contributed by atoms with E-state index in [9.17, 15) is 9.59 Å². The van der Waals surface area contributed by atoms with E-state index in [1.165, 1.54) is 7.11 Å².